The number of rotatable bonds is 8. The standard InChI is InChI=1S/C9H15F3N2O.CH2O2/c10-9(11,12)7-13-5-3-1-2-4-6-14-8-15;2-1-3/h13H,1-7H2;1H,(H,2,3). The molecule has 0 radical (unpaired) electrons. The first-order chi connectivity index (χ1) is 8.47. The van der Waals surface area contributed by atoms with Gasteiger partial charge in [0.1, 0.15) is 0 Å². The number of nitrogens with one attached hydrogen (secondary N) is 1. The number of carbonyl (C=O) groups excluding carboxylic acids is 1. The van der Waals surface area contributed by atoms with Crippen molar-refractivity contribution in [2.75, 3.05) is 19.6 Å². The van der Waals surface area contributed by atoms with E-state index >= 15 is 0 Å². The highest BCUT2D eigenvalue weighted by atomic mass is 19.4. The van der Waals surface area contributed by atoms with Crippen LogP contribution in [0.15, 0.2) is 4.99 Å². The van der Waals surface area contributed by atoms with Gasteiger partial charge in [-0.15, -0.1) is 0 Å². The van der Waals surface area contributed by atoms with Gasteiger partial charge in [-0.05, 0) is 19.4 Å². The van der Waals surface area contributed by atoms with Gasteiger partial charge in [-0.25, -0.2) is 9.79 Å². The SMILES string of the molecule is O=C=NCCCCCCNCC(F)(F)F.O=CO. The lowest BCUT2D eigenvalue weighted by Gasteiger charge is -2.07. The van der Waals surface area contributed by atoms with Gasteiger partial charge in [-0.3, -0.25) is 4.79 Å². The fraction of sp³-hybridized carbons (Fsp3) is 0.800. The number of carbonyl (C=O) groups is 1. The van der Waals surface area contributed by atoms with Crippen molar-refractivity contribution in [2.24, 2.45) is 4.99 Å². The Kier molecular flexibility index (Phi) is 14.4. The van der Waals surface area contributed by atoms with Crippen LogP contribution in [0.1, 0.15) is 25.7 Å². The molecule has 0 bridgehead atoms. The van der Waals surface area contributed by atoms with Crippen LogP contribution < -0.4 is 5.32 Å². The van der Waals surface area contributed by atoms with Gasteiger partial charge >= 0.3 is 6.18 Å². The zero-order valence-electron chi connectivity index (χ0n) is 9.87. The van der Waals surface area contributed by atoms with Crippen LogP contribution in [-0.2, 0) is 9.59 Å². The number of hydrogen-bond acceptors (Lipinski definition) is 4. The first-order valence-electron chi connectivity index (χ1n) is 5.37. The molecule has 0 atom stereocenters. The average molecular weight is 270 g/mol. The fourth-order valence-corrected chi connectivity index (χ4v) is 1.07. The molecule has 0 saturated carbocycles. The topological polar surface area (TPSA) is 78.8 Å². The van der Waals surface area contributed by atoms with Crippen LogP contribution in [-0.4, -0.2) is 43.5 Å². The highest BCUT2D eigenvalue weighted by Crippen LogP contribution is 2.12. The maximum Gasteiger partial charge on any atom is 0.401 e. The third-order valence-electron chi connectivity index (χ3n) is 1.76. The lowest BCUT2D eigenvalue weighted by Crippen LogP contribution is -2.29. The second kappa shape index (κ2) is 13.7. The molecule has 0 aromatic carbocycles. The minimum absolute atomic E-state index is 0.250. The van der Waals surface area contributed by atoms with Gasteiger partial charge in [0.2, 0.25) is 6.08 Å². The van der Waals surface area contributed by atoms with Crippen molar-refractivity contribution in [3.05, 3.63) is 0 Å². The fourth-order valence-electron chi connectivity index (χ4n) is 1.07. The molecule has 0 heterocycles. The summed E-state index contributed by atoms with van der Waals surface area (Å²) in [5.41, 5.74) is 0. The zero-order chi connectivity index (χ0) is 14.3. The maximum atomic E-state index is 11.7. The lowest BCUT2D eigenvalue weighted by molar-refractivity contribution is -0.125. The van der Waals surface area contributed by atoms with Gasteiger partial charge in [0.15, 0.2) is 0 Å². The van der Waals surface area contributed by atoms with Crippen molar-refractivity contribution < 1.29 is 27.9 Å². The predicted octanol–water partition coefficient (Wildman–Crippen LogP) is 1.74. The monoisotopic (exact) mass is 270 g/mol. The van der Waals surface area contributed by atoms with Crippen LogP contribution in [0.4, 0.5) is 13.2 Å². The molecule has 18 heavy (non-hydrogen) atoms. The van der Waals surface area contributed by atoms with Gasteiger partial charge in [-0.2, -0.15) is 13.2 Å². The van der Waals surface area contributed by atoms with Crippen molar-refractivity contribution in [3.63, 3.8) is 0 Å². The van der Waals surface area contributed by atoms with E-state index in [2.05, 4.69) is 10.3 Å². The van der Waals surface area contributed by atoms with E-state index < -0.39 is 12.7 Å². The van der Waals surface area contributed by atoms with Crippen LogP contribution in [0.3, 0.4) is 0 Å². The number of nitrogens with zero attached hydrogens (tertiary/aromatic N) is 1. The highest BCUT2D eigenvalue weighted by Gasteiger charge is 2.25. The summed E-state index contributed by atoms with van der Waals surface area (Å²) in [7, 11) is 0. The molecule has 0 aliphatic heterocycles. The maximum absolute atomic E-state index is 11.7. The summed E-state index contributed by atoms with van der Waals surface area (Å²) in [6.45, 7) is -0.349. The molecule has 0 aliphatic carbocycles. The first kappa shape index (κ1) is 19.0. The van der Waals surface area contributed by atoms with E-state index in [9.17, 15) is 18.0 Å². The van der Waals surface area contributed by atoms with Crippen LogP contribution in [0.5, 0.6) is 0 Å². The third kappa shape index (κ3) is 24.0. The molecule has 0 rings (SSSR count). The molecule has 0 aromatic heterocycles. The predicted molar refractivity (Wildman–Crippen MR) is 59.1 cm³/mol. The van der Waals surface area contributed by atoms with E-state index in [0.717, 1.165) is 19.3 Å². The van der Waals surface area contributed by atoms with Crippen LogP contribution in [0.2, 0.25) is 0 Å². The van der Waals surface area contributed by atoms with Crippen LogP contribution in [0.25, 0.3) is 0 Å². The summed E-state index contributed by atoms with van der Waals surface area (Å²) >= 11 is 0. The summed E-state index contributed by atoms with van der Waals surface area (Å²) < 4.78 is 35.0. The summed E-state index contributed by atoms with van der Waals surface area (Å²) in [6, 6.07) is 0. The number of alkyl halides is 3. The lowest BCUT2D eigenvalue weighted by atomic mass is 10.2. The van der Waals surface area contributed by atoms with Gasteiger partial charge in [0.25, 0.3) is 6.47 Å². The van der Waals surface area contributed by atoms with Crippen LogP contribution >= 0.6 is 0 Å². The summed E-state index contributed by atoms with van der Waals surface area (Å²) in [6.07, 6.45) is 0.523. The molecule has 0 saturated heterocycles. The molecule has 0 spiro atoms. The largest absolute Gasteiger partial charge is 0.483 e. The molecule has 0 fully saturated rings. The van der Waals surface area contributed by atoms with E-state index in [1.54, 1.807) is 0 Å². The number of isocyanates is 1. The molecule has 0 amide bonds. The molecular weight excluding hydrogens is 253 g/mol. The second-order valence-electron chi connectivity index (χ2n) is 3.28. The van der Waals surface area contributed by atoms with E-state index in [1.807, 2.05) is 0 Å². The van der Waals surface area contributed by atoms with Crippen molar-refractivity contribution in [2.45, 2.75) is 31.9 Å². The summed E-state index contributed by atoms with van der Waals surface area (Å²) in [5.74, 6) is 0. The molecule has 0 aliphatic rings. The van der Waals surface area contributed by atoms with E-state index in [4.69, 9.17) is 9.90 Å². The molecule has 0 unspecified atom stereocenters. The van der Waals surface area contributed by atoms with Gasteiger partial charge in [-0.1, -0.05) is 12.8 Å². The van der Waals surface area contributed by atoms with Crippen LogP contribution in [0, 0.1) is 0 Å². The number of aliphatic imine (C=N–C) groups is 1. The first-order valence-corrected chi connectivity index (χ1v) is 5.37. The molecular formula is C10H17F3N2O3. The Labute approximate surface area is 103 Å². The molecule has 0 aromatic rings. The van der Waals surface area contributed by atoms with Gasteiger partial charge in [0, 0.05) is 0 Å². The van der Waals surface area contributed by atoms with E-state index in [-0.39, 0.29) is 6.47 Å². The molecule has 8 heteroatoms. The van der Waals surface area contributed by atoms with E-state index in [0.29, 0.717) is 19.5 Å². The van der Waals surface area contributed by atoms with Crippen molar-refractivity contribution in [1.82, 2.24) is 5.32 Å². The Morgan fingerprint density at radius 2 is 1.78 bits per heavy atom. The summed E-state index contributed by atoms with van der Waals surface area (Å²) in [5, 5.41) is 9.21. The Hall–Kier alpha value is -1.40. The quantitative estimate of drug-likeness (QED) is 0.305. The number of halogens is 3. The molecule has 106 valence electrons. The van der Waals surface area contributed by atoms with E-state index in [1.165, 1.54) is 6.08 Å². The minimum Gasteiger partial charge on any atom is -0.483 e. The Morgan fingerprint density at radius 3 is 2.28 bits per heavy atom. The van der Waals surface area contributed by atoms with Crippen molar-refractivity contribution in [3.8, 4) is 0 Å². The second-order valence-corrected chi connectivity index (χ2v) is 3.28. The Bertz CT molecular complexity index is 241. The number of unbranched alkanes of at least 4 members (excludes halogenated alkanes) is 3. The average Bonchev–Trinajstić information content (AvgIpc) is 2.26. The number of carboxylic acid groups (broad SMARTS) is 1. The smallest absolute Gasteiger partial charge is 0.401 e. The number of hydrogen-bond donors (Lipinski definition) is 2. The van der Waals surface area contributed by atoms with Crippen molar-refractivity contribution >= 4 is 12.6 Å². The normalized spacial score (nSPS) is 9.94. The molecule has 2 N–H and O–H groups in total. The zero-order valence-corrected chi connectivity index (χ0v) is 9.87. The van der Waals surface area contributed by atoms with Crippen molar-refractivity contribution in [1.29, 1.82) is 0 Å². The summed E-state index contributed by atoms with van der Waals surface area (Å²) in [4.78, 5) is 21.4. The van der Waals surface area contributed by atoms with Gasteiger partial charge in [0.05, 0.1) is 13.1 Å². The highest BCUT2D eigenvalue weighted by molar-refractivity contribution is 5.32. The Balaban J connectivity index is 0. The Morgan fingerprint density at radius 1 is 1.22 bits per heavy atom. The minimum atomic E-state index is -4.13. The molecule has 5 nitrogen and oxygen atoms in total. The third-order valence-corrected chi connectivity index (χ3v) is 1.76. The van der Waals surface area contributed by atoms with Gasteiger partial charge < -0.3 is 10.4 Å².